The number of nitrogen functional groups attached to an aromatic ring is 1. The molecule has 0 bridgehead atoms. The molecule has 0 atom stereocenters. The van der Waals surface area contributed by atoms with Crippen LogP contribution in [0.25, 0.3) is 0 Å². The van der Waals surface area contributed by atoms with Crippen molar-refractivity contribution in [3.05, 3.63) is 54.1 Å². The maximum atomic E-state index is 13.4. The van der Waals surface area contributed by atoms with Crippen LogP contribution in [0.3, 0.4) is 0 Å². The Labute approximate surface area is 125 Å². The number of amides is 1. The second-order valence-electron chi connectivity index (χ2n) is 4.31. The molecule has 2 rings (SSSR count). The lowest BCUT2D eigenvalue weighted by Gasteiger charge is -2.08. The molecule has 0 radical (unpaired) electrons. The van der Waals surface area contributed by atoms with Gasteiger partial charge in [0.1, 0.15) is 11.6 Å². The lowest BCUT2D eigenvalue weighted by atomic mass is 10.2. The number of carbonyl (C=O) groups excluding carboxylic acids is 1. The molecular weight excluding hydrogens is 294 g/mol. The molecule has 0 aromatic heterocycles. The van der Waals surface area contributed by atoms with Crippen molar-refractivity contribution in [1.29, 1.82) is 0 Å². The molecule has 2 aromatic carbocycles. The Morgan fingerprint density at radius 1 is 1.19 bits per heavy atom. The number of hydrogen-bond acceptors (Lipinski definition) is 3. The first-order chi connectivity index (χ1) is 10.1. The van der Waals surface area contributed by atoms with Crippen LogP contribution in [-0.2, 0) is 4.79 Å². The van der Waals surface area contributed by atoms with Crippen molar-refractivity contribution in [2.45, 2.75) is 11.3 Å². The van der Waals surface area contributed by atoms with Crippen molar-refractivity contribution < 1.29 is 13.6 Å². The molecular formula is C15H14F2N2OS. The number of rotatable bonds is 5. The molecule has 0 spiro atoms. The summed E-state index contributed by atoms with van der Waals surface area (Å²) in [6, 6.07) is 10.2. The smallest absolute Gasteiger partial charge is 0.225 e. The predicted molar refractivity (Wildman–Crippen MR) is 81.2 cm³/mol. The Balaban J connectivity index is 1.84. The minimum absolute atomic E-state index is 0.171. The van der Waals surface area contributed by atoms with Crippen LogP contribution in [0.4, 0.5) is 20.2 Å². The standard InChI is InChI=1S/C15H14F2N2OS/c16-10-5-6-13(12(18)9-10)19-15(20)7-8-21-14-4-2-1-3-11(14)17/h1-6,9H,7-8,18H2,(H,19,20). The highest BCUT2D eigenvalue weighted by molar-refractivity contribution is 7.99. The number of benzene rings is 2. The van der Waals surface area contributed by atoms with E-state index in [4.69, 9.17) is 5.73 Å². The quantitative estimate of drug-likeness (QED) is 0.654. The van der Waals surface area contributed by atoms with Crippen LogP contribution in [0, 0.1) is 11.6 Å². The Morgan fingerprint density at radius 2 is 1.95 bits per heavy atom. The molecule has 0 heterocycles. The van der Waals surface area contributed by atoms with Crippen LogP contribution >= 0.6 is 11.8 Å². The fourth-order valence-electron chi connectivity index (χ4n) is 1.68. The maximum Gasteiger partial charge on any atom is 0.225 e. The number of anilines is 2. The van der Waals surface area contributed by atoms with E-state index in [2.05, 4.69) is 5.32 Å². The van der Waals surface area contributed by atoms with Crippen molar-refractivity contribution in [2.24, 2.45) is 0 Å². The summed E-state index contributed by atoms with van der Waals surface area (Å²) in [6.45, 7) is 0. The van der Waals surface area contributed by atoms with Crippen LogP contribution < -0.4 is 11.1 Å². The lowest BCUT2D eigenvalue weighted by Crippen LogP contribution is -2.13. The molecule has 0 saturated carbocycles. The number of nitrogens with one attached hydrogen (secondary N) is 1. The topological polar surface area (TPSA) is 55.1 Å². The van der Waals surface area contributed by atoms with Crippen molar-refractivity contribution >= 4 is 29.0 Å². The highest BCUT2D eigenvalue weighted by Crippen LogP contribution is 2.23. The fraction of sp³-hybridized carbons (Fsp3) is 0.133. The van der Waals surface area contributed by atoms with Gasteiger partial charge in [-0.1, -0.05) is 12.1 Å². The second kappa shape index (κ2) is 7.08. The first-order valence-electron chi connectivity index (χ1n) is 6.28. The van der Waals surface area contributed by atoms with E-state index in [0.29, 0.717) is 16.3 Å². The van der Waals surface area contributed by atoms with Gasteiger partial charge in [0.2, 0.25) is 5.91 Å². The number of halogens is 2. The average Bonchev–Trinajstić information content (AvgIpc) is 2.44. The lowest BCUT2D eigenvalue weighted by molar-refractivity contribution is -0.115. The van der Waals surface area contributed by atoms with E-state index in [0.717, 1.165) is 6.07 Å². The second-order valence-corrected chi connectivity index (χ2v) is 5.45. The summed E-state index contributed by atoms with van der Waals surface area (Å²) in [6.07, 6.45) is 0.204. The Kier molecular flexibility index (Phi) is 5.16. The molecule has 3 N–H and O–H groups in total. The van der Waals surface area contributed by atoms with E-state index in [9.17, 15) is 13.6 Å². The molecule has 0 saturated heterocycles. The minimum atomic E-state index is -0.458. The first kappa shape index (κ1) is 15.3. The third-order valence-corrected chi connectivity index (χ3v) is 3.76. The zero-order valence-electron chi connectivity index (χ0n) is 11.1. The summed E-state index contributed by atoms with van der Waals surface area (Å²) >= 11 is 1.27. The summed E-state index contributed by atoms with van der Waals surface area (Å²) in [5, 5.41) is 2.60. The van der Waals surface area contributed by atoms with Gasteiger partial charge < -0.3 is 11.1 Å². The van der Waals surface area contributed by atoms with Crippen LogP contribution in [0.5, 0.6) is 0 Å². The van der Waals surface area contributed by atoms with Crippen molar-refractivity contribution in [3.8, 4) is 0 Å². The van der Waals surface area contributed by atoms with Gasteiger partial charge in [-0.15, -0.1) is 11.8 Å². The van der Waals surface area contributed by atoms with Gasteiger partial charge in [-0.3, -0.25) is 4.79 Å². The molecule has 0 fully saturated rings. The van der Waals surface area contributed by atoms with E-state index in [1.54, 1.807) is 18.2 Å². The molecule has 2 aromatic rings. The zero-order valence-corrected chi connectivity index (χ0v) is 11.9. The third kappa shape index (κ3) is 4.46. The van der Waals surface area contributed by atoms with Gasteiger partial charge in [-0.2, -0.15) is 0 Å². The van der Waals surface area contributed by atoms with E-state index in [1.807, 2.05) is 0 Å². The van der Waals surface area contributed by atoms with Gasteiger partial charge in [-0.05, 0) is 30.3 Å². The van der Waals surface area contributed by atoms with Gasteiger partial charge in [0, 0.05) is 17.1 Å². The molecule has 0 aliphatic heterocycles. The van der Waals surface area contributed by atoms with Gasteiger partial charge in [-0.25, -0.2) is 8.78 Å². The van der Waals surface area contributed by atoms with E-state index in [1.165, 1.54) is 30.0 Å². The van der Waals surface area contributed by atoms with Crippen LogP contribution in [-0.4, -0.2) is 11.7 Å². The van der Waals surface area contributed by atoms with Gasteiger partial charge in [0.05, 0.1) is 11.4 Å². The Bertz CT molecular complexity index is 649. The van der Waals surface area contributed by atoms with Crippen LogP contribution in [0.15, 0.2) is 47.4 Å². The van der Waals surface area contributed by atoms with Crippen molar-refractivity contribution in [3.63, 3.8) is 0 Å². The number of hydrogen-bond donors (Lipinski definition) is 2. The summed E-state index contributed by atoms with van der Waals surface area (Å²) in [7, 11) is 0. The van der Waals surface area contributed by atoms with Crippen LogP contribution in [0.2, 0.25) is 0 Å². The average molecular weight is 308 g/mol. The fourth-order valence-corrected chi connectivity index (χ4v) is 2.56. The van der Waals surface area contributed by atoms with E-state index < -0.39 is 5.82 Å². The maximum absolute atomic E-state index is 13.4. The number of nitrogens with two attached hydrogens (primary N) is 1. The van der Waals surface area contributed by atoms with Gasteiger partial charge in [0.25, 0.3) is 0 Å². The summed E-state index contributed by atoms with van der Waals surface area (Å²) in [5.41, 5.74) is 6.14. The minimum Gasteiger partial charge on any atom is -0.397 e. The van der Waals surface area contributed by atoms with Crippen LogP contribution in [0.1, 0.15) is 6.42 Å². The molecule has 0 unspecified atom stereocenters. The molecule has 3 nitrogen and oxygen atoms in total. The summed E-state index contributed by atoms with van der Waals surface area (Å²) in [4.78, 5) is 12.3. The molecule has 1 amide bonds. The monoisotopic (exact) mass is 308 g/mol. The van der Waals surface area contributed by atoms with Gasteiger partial charge in [0.15, 0.2) is 0 Å². The highest BCUT2D eigenvalue weighted by atomic mass is 32.2. The molecule has 0 aliphatic rings. The predicted octanol–water partition coefficient (Wildman–Crippen LogP) is 3.67. The summed E-state index contributed by atoms with van der Waals surface area (Å²) in [5.74, 6) is -0.572. The number of thioether (sulfide) groups is 1. The first-order valence-corrected chi connectivity index (χ1v) is 7.27. The zero-order chi connectivity index (χ0) is 15.2. The third-order valence-electron chi connectivity index (χ3n) is 2.71. The van der Waals surface area contributed by atoms with Gasteiger partial charge >= 0.3 is 0 Å². The Morgan fingerprint density at radius 3 is 2.67 bits per heavy atom. The largest absolute Gasteiger partial charge is 0.397 e. The molecule has 110 valence electrons. The molecule has 6 heteroatoms. The van der Waals surface area contributed by atoms with Crippen molar-refractivity contribution in [2.75, 3.05) is 16.8 Å². The Hall–Kier alpha value is -2.08. The van der Waals surface area contributed by atoms with Crippen molar-refractivity contribution in [1.82, 2.24) is 0 Å². The SMILES string of the molecule is Nc1cc(F)ccc1NC(=O)CCSc1ccccc1F. The number of carbonyl (C=O) groups is 1. The summed E-state index contributed by atoms with van der Waals surface area (Å²) < 4.78 is 26.3. The normalized spacial score (nSPS) is 10.4. The highest BCUT2D eigenvalue weighted by Gasteiger charge is 2.07. The molecule has 21 heavy (non-hydrogen) atoms. The van der Waals surface area contributed by atoms with E-state index in [-0.39, 0.29) is 23.8 Å². The molecule has 0 aliphatic carbocycles. The van der Waals surface area contributed by atoms with E-state index >= 15 is 0 Å².